The Hall–Kier alpha value is -3.09. The first-order chi connectivity index (χ1) is 11.8. The van der Waals surface area contributed by atoms with Crippen molar-refractivity contribution in [3.8, 4) is 5.75 Å². The van der Waals surface area contributed by atoms with Crippen LogP contribution in [0.4, 0.5) is 18.9 Å². The number of hydrogen-bond acceptors (Lipinski definition) is 3. The average Bonchev–Trinajstić information content (AvgIpc) is 2.54. The Morgan fingerprint density at radius 3 is 2.44 bits per heavy atom. The summed E-state index contributed by atoms with van der Waals surface area (Å²) < 4.78 is 40.3. The second-order valence-electron chi connectivity index (χ2n) is 5.35. The minimum atomic E-state index is -4.75. The van der Waals surface area contributed by atoms with Gasteiger partial charge in [0, 0.05) is 16.8 Å². The fraction of sp³-hybridized carbons (Fsp3) is 0.111. The third-order valence-electron chi connectivity index (χ3n) is 3.43. The maximum absolute atomic E-state index is 12.5. The molecule has 3 aromatic rings. The predicted molar refractivity (Wildman–Crippen MR) is 87.6 cm³/mol. The Morgan fingerprint density at radius 2 is 1.76 bits per heavy atom. The molecule has 3 rings (SSSR count). The summed E-state index contributed by atoms with van der Waals surface area (Å²) in [6, 6.07) is 13.9. The van der Waals surface area contributed by atoms with Gasteiger partial charge in [-0.05, 0) is 43.3 Å². The van der Waals surface area contributed by atoms with Gasteiger partial charge in [0.15, 0.2) is 0 Å². The number of carbonyl (C=O) groups is 1. The van der Waals surface area contributed by atoms with Crippen LogP contribution < -0.4 is 10.1 Å². The van der Waals surface area contributed by atoms with Gasteiger partial charge in [0.2, 0.25) is 0 Å². The molecule has 0 unspecified atom stereocenters. The number of alkyl halides is 3. The SMILES string of the molecule is Cc1cc(C(=O)Nc2ccc(OC(F)(F)F)cc2)c2ccccc2n1. The van der Waals surface area contributed by atoms with Crippen LogP contribution in [0.25, 0.3) is 10.9 Å². The average molecular weight is 346 g/mol. The van der Waals surface area contributed by atoms with E-state index in [1.54, 1.807) is 25.1 Å². The van der Waals surface area contributed by atoms with E-state index >= 15 is 0 Å². The Balaban J connectivity index is 1.83. The second kappa shape index (κ2) is 6.43. The van der Waals surface area contributed by atoms with E-state index < -0.39 is 6.36 Å². The Bertz CT molecular complexity index is 922. The number of benzene rings is 2. The molecule has 1 N–H and O–H groups in total. The molecular weight excluding hydrogens is 333 g/mol. The number of anilines is 1. The van der Waals surface area contributed by atoms with Crippen LogP contribution in [0, 0.1) is 6.92 Å². The second-order valence-corrected chi connectivity index (χ2v) is 5.35. The van der Waals surface area contributed by atoms with Crippen molar-refractivity contribution >= 4 is 22.5 Å². The largest absolute Gasteiger partial charge is 0.573 e. The molecule has 0 radical (unpaired) electrons. The van der Waals surface area contributed by atoms with Crippen molar-refractivity contribution in [1.29, 1.82) is 0 Å². The molecule has 1 heterocycles. The summed E-state index contributed by atoms with van der Waals surface area (Å²) >= 11 is 0. The highest BCUT2D eigenvalue weighted by molar-refractivity contribution is 6.12. The highest BCUT2D eigenvalue weighted by atomic mass is 19.4. The van der Waals surface area contributed by atoms with E-state index in [0.29, 0.717) is 27.8 Å². The van der Waals surface area contributed by atoms with Crippen LogP contribution in [0.2, 0.25) is 0 Å². The van der Waals surface area contributed by atoms with E-state index in [4.69, 9.17) is 0 Å². The number of nitrogens with zero attached hydrogens (tertiary/aromatic N) is 1. The van der Waals surface area contributed by atoms with Crippen molar-refractivity contribution in [2.45, 2.75) is 13.3 Å². The fourth-order valence-corrected chi connectivity index (χ4v) is 2.43. The molecule has 128 valence electrons. The number of carbonyl (C=O) groups excluding carboxylic acids is 1. The lowest BCUT2D eigenvalue weighted by molar-refractivity contribution is -0.274. The van der Waals surface area contributed by atoms with Crippen molar-refractivity contribution in [3.63, 3.8) is 0 Å². The number of pyridine rings is 1. The van der Waals surface area contributed by atoms with Gasteiger partial charge in [0.1, 0.15) is 5.75 Å². The van der Waals surface area contributed by atoms with E-state index in [-0.39, 0.29) is 11.7 Å². The lowest BCUT2D eigenvalue weighted by atomic mass is 10.1. The van der Waals surface area contributed by atoms with Crippen molar-refractivity contribution < 1.29 is 22.7 Å². The van der Waals surface area contributed by atoms with Gasteiger partial charge in [0.05, 0.1) is 11.1 Å². The number of aromatic nitrogens is 1. The molecule has 0 aliphatic rings. The van der Waals surface area contributed by atoms with Gasteiger partial charge in [-0.2, -0.15) is 0 Å². The molecule has 0 saturated carbocycles. The molecule has 0 spiro atoms. The molecule has 2 aromatic carbocycles. The molecule has 1 aromatic heterocycles. The van der Waals surface area contributed by atoms with Crippen molar-refractivity contribution in [3.05, 3.63) is 65.9 Å². The molecule has 4 nitrogen and oxygen atoms in total. The minimum absolute atomic E-state index is 0.351. The summed E-state index contributed by atoms with van der Waals surface area (Å²) in [5, 5.41) is 3.36. The highest BCUT2D eigenvalue weighted by Gasteiger charge is 2.30. The summed E-state index contributed by atoms with van der Waals surface area (Å²) in [5.74, 6) is -0.720. The van der Waals surface area contributed by atoms with Gasteiger partial charge in [-0.3, -0.25) is 9.78 Å². The molecular formula is C18H13F3N2O2. The molecule has 25 heavy (non-hydrogen) atoms. The third-order valence-corrected chi connectivity index (χ3v) is 3.43. The molecule has 0 bridgehead atoms. The third kappa shape index (κ3) is 4.06. The van der Waals surface area contributed by atoms with Gasteiger partial charge in [-0.1, -0.05) is 18.2 Å². The highest BCUT2D eigenvalue weighted by Crippen LogP contribution is 2.25. The van der Waals surface area contributed by atoms with Crippen LogP contribution in [-0.2, 0) is 0 Å². The van der Waals surface area contributed by atoms with Crippen LogP contribution in [0.15, 0.2) is 54.6 Å². The number of fused-ring (bicyclic) bond motifs is 1. The molecule has 1 amide bonds. The summed E-state index contributed by atoms with van der Waals surface area (Å²) in [5.41, 5.74) is 2.19. The molecule has 0 aliphatic carbocycles. The number of para-hydroxylation sites is 1. The summed E-state index contributed by atoms with van der Waals surface area (Å²) in [4.78, 5) is 16.9. The van der Waals surface area contributed by atoms with Gasteiger partial charge in [-0.15, -0.1) is 13.2 Å². The molecule has 0 saturated heterocycles. The zero-order chi connectivity index (χ0) is 18.0. The number of aryl methyl sites for hydroxylation is 1. The van der Waals surface area contributed by atoms with Gasteiger partial charge in [0.25, 0.3) is 5.91 Å². The number of amides is 1. The Morgan fingerprint density at radius 1 is 1.08 bits per heavy atom. The van der Waals surface area contributed by atoms with E-state index in [0.717, 1.165) is 12.1 Å². The molecule has 0 fully saturated rings. The molecule has 0 aliphatic heterocycles. The maximum Gasteiger partial charge on any atom is 0.573 e. The minimum Gasteiger partial charge on any atom is -0.406 e. The van der Waals surface area contributed by atoms with Gasteiger partial charge >= 0.3 is 6.36 Å². The summed E-state index contributed by atoms with van der Waals surface area (Å²) in [6.07, 6.45) is -4.75. The van der Waals surface area contributed by atoms with Crippen molar-refractivity contribution in [2.24, 2.45) is 0 Å². The summed E-state index contributed by atoms with van der Waals surface area (Å²) in [7, 11) is 0. The van der Waals surface area contributed by atoms with Gasteiger partial charge < -0.3 is 10.1 Å². The van der Waals surface area contributed by atoms with Crippen LogP contribution in [0.3, 0.4) is 0 Å². The quantitative estimate of drug-likeness (QED) is 0.748. The first kappa shape index (κ1) is 16.8. The maximum atomic E-state index is 12.5. The van der Waals surface area contributed by atoms with E-state index in [1.807, 2.05) is 12.1 Å². The Labute approximate surface area is 141 Å². The Kier molecular flexibility index (Phi) is 4.31. The lowest BCUT2D eigenvalue weighted by Gasteiger charge is -2.11. The zero-order valence-corrected chi connectivity index (χ0v) is 13.1. The van der Waals surface area contributed by atoms with Crippen molar-refractivity contribution in [1.82, 2.24) is 4.98 Å². The number of halogens is 3. The molecule has 7 heteroatoms. The van der Waals surface area contributed by atoms with E-state index in [1.165, 1.54) is 12.1 Å². The smallest absolute Gasteiger partial charge is 0.406 e. The number of ether oxygens (including phenoxy) is 1. The van der Waals surface area contributed by atoms with Crippen LogP contribution >= 0.6 is 0 Å². The topological polar surface area (TPSA) is 51.2 Å². The predicted octanol–water partition coefficient (Wildman–Crippen LogP) is 4.69. The van der Waals surface area contributed by atoms with E-state index in [2.05, 4.69) is 15.0 Å². The van der Waals surface area contributed by atoms with Crippen molar-refractivity contribution in [2.75, 3.05) is 5.32 Å². The fourth-order valence-electron chi connectivity index (χ4n) is 2.43. The number of rotatable bonds is 3. The van der Waals surface area contributed by atoms with Crippen LogP contribution in [-0.4, -0.2) is 17.3 Å². The lowest BCUT2D eigenvalue weighted by Crippen LogP contribution is -2.17. The van der Waals surface area contributed by atoms with Crippen LogP contribution in [0.1, 0.15) is 16.1 Å². The first-order valence-corrected chi connectivity index (χ1v) is 7.35. The van der Waals surface area contributed by atoms with E-state index in [9.17, 15) is 18.0 Å². The van der Waals surface area contributed by atoms with Gasteiger partial charge in [-0.25, -0.2) is 0 Å². The summed E-state index contributed by atoms with van der Waals surface area (Å²) in [6.45, 7) is 1.78. The monoisotopic (exact) mass is 346 g/mol. The number of hydrogen-bond donors (Lipinski definition) is 1. The normalized spacial score (nSPS) is 11.4. The molecule has 0 atom stereocenters. The number of nitrogens with one attached hydrogen (secondary N) is 1. The first-order valence-electron chi connectivity index (χ1n) is 7.35. The standard InChI is InChI=1S/C18H13F3N2O2/c1-11-10-15(14-4-2-3-5-16(14)22-11)17(24)23-12-6-8-13(9-7-12)25-18(19,20)21/h2-10H,1H3,(H,23,24). The zero-order valence-electron chi connectivity index (χ0n) is 13.1. The van der Waals surface area contributed by atoms with Crippen LogP contribution in [0.5, 0.6) is 5.75 Å².